The molecule has 11 heteroatoms. The molecule has 3 N–H and O–H groups in total. The number of anilines is 1. The Balaban J connectivity index is 1.43. The first-order chi connectivity index (χ1) is 19.2. The van der Waals surface area contributed by atoms with E-state index >= 15 is 0 Å². The lowest BCUT2D eigenvalue weighted by molar-refractivity contribution is -0.117. The van der Waals surface area contributed by atoms with Gasteiger partial charge in [-0.25, -0.2) is 9.59 Å². The lowest BCUT2D eigenvalue weighted by Gasteiger charge is -2.19. The zero-order valence-electron chi connectivity index (χ0n) is 23.5. The molecule has 0 aliphatic heterocycles. The summed E-state index contributed by atoms with van der Waals surface area (Å²) in [5, 5.41) is 8.13. The van der Waals surface area contributed by atoms with Crippen LogP contribution in [0, 0.1) is 0 Å². The van der Waals surface area contributed by atoms with Crippen LogP contribution in [0.4, 0.5) is 15.3 Å². The number of nitrogens with one attached hydrogen (secondary N) is 3. The Morgan fingerprint density at radius 2 is 1.32 bits per heavy atom. The summed E-state index contributed by atoms with van der Waals surface area (Å²) in [4.78, 5) is 35.5. The summed E-state index contributed by atoms with van der Waals surface area (Å²) in [7, 11) is 0. The van der Waals surface area contributed by atoms with Gasteiger partial charge >= 0.3 is 12.2 Å². The highest BCUT2D eigenvalue weighted by atomic mass is 16.6. The highest BCUT2D eigenvalue weighted by molar-refractivity contribution is 5.90. The van der Waals surface area contributed by atoms with E-state index in [1.807, 2.05) is 42.5 Å². The molecular formula is C29H41N3O8. The summed E-state index contributed by atoms with van der Waals surface area (Å²) in [6.45, 7) is 8.46. The maximum atomic E-state index is 12.1. The molecule has 0 aliphatic carbocycles. The van der Waals surface area contributed by atoms with Crippen LogP contribution in [0.15, 0.2) is 54.6 Å². The van der Waals surface area contributed by atoms with Gasteiger partial charge in [0.1, 0.15) is 12.2 Å². The van der Waals surface area contributed by atoms with Gasteiger partial charge in [-0.05, 0) is 44.0 Å². The Morgan fingerprint density at radius 1 is 0.700 bits per heavy atom. The van der Waals surface area contributed by atoms with Crippen LogP contribution in [0.25, 0.3) is 0 Å². The average molecular weight is 560 g/mol. The van der Waals surface area contributed by atoms with Crippen LogP contribution in [0.1, 0.15) is 38.3 Å². The summed E-state index contributed by atoms with van der Waals surface area (Å²) in [6, 6.07) is 16.6. The van der Waals surface area contributed by atoms with Gasteiger partial charge in [0.15, 0.2) is 0 Å². The van der Waals surface area contributed by atoms with E-state index in [1.165, 1.54) is 0 Å². The van der Waals surface area contributed by atoms with Crippen molar-refractivity contribution in [2.75, 3.05) is 51.5 Å². The molecular weight excluding hydrogens is 518 g/mol. The van der Waals surface area contributed by atoms with E-state index in [4.69, 9.17) is 23.7 Å². The number of carbonyl (C=O) groups is 3. The average Bonchev–Trinajstić information content (AvgIpc) is 2.91. The van der Waals surface area contributed by atoms with Gasteiger partial charge in [-0.3, -0.25) is 4.79 Å². The number of benzene rings is 2. The van der Waals surface area contributed by atoms with Gasteiger partial charge in [0.25, 0.3) is 0 Å². The molecule has 0 heterocycles. The van der Waals surface area contributed by atoms with E-state index in [0.29, 0.717) is 51.8 Å². The fourth-order valence-electron chi connectivity index (χ4n) is 3.12. The first kappa shape index (κ1) is 32.5. The van der Waals surface area contributed by atoms with E-state index in [9.17, 15) is 14.4 Å². The van der Waals surface area contributed by atoms with Crippen LogP contribution < -0.4 is 16.0 Å². The molecule has 2 aromatic carbocycles. The molecule has 0 saturated carbocycles. The molecule has 0 fully saturated rings. The van der Waals surface area contributed by atoms with Crippen molar-refractivity contribution in [3.05, 3.63) is 65.7 Å². The summed E-state index contributed by atoms with van der Waals surface area (Å²) >= 11 is 0. The molecule has 40 heavy (non-hydrogen) atoms. The minimum atomic E-state index is -0.529. The number of rotatable bonds is 17. The Kier molecular flexibility index (Phi) is 15.1. The summed E-state index contributed by atoms with van der Waals surface area (Å²) < 4.78 is 26.5. The molecule has 0 aliphatic rings. The molecule has 2 aromatic rings. The fraction of sp³-hybridized carbons (Fsp3) is 0.483. The maximum Gasteiger partial charge on any atom is 0.407 e. The second kappa shape index (κ2) is 18.6. The number of carbonyl (C=O) groups excluding carboxylic acids is 3. The quantitative estimate of drug-likeness (QED) is 0.248. The molecule has 3 amide bonds. The van der Waals surface area contributed by atoms with Crippen LogP contribution in [0.2, 0.25) is 0 Å². The smallest absolute Gasteiger partial charge is 0.407 e. The van der Waals surface area contributed by atoms with Crippen molar-refractivity contribution in [1.29, 1.82) is 0 Å². The van der Waals surface area contributed by atoms with Crippen LogP contribution in [0.5, 0.6) is 0 Å². The van der Waals surface area contributed by atoms with Crippen LogP contribution in [-0.2, 0) is 41.6 Å². The van der Waals surface area contributed by atoms with E-state index < -0.39 is 17.8 Å². The first-order valence-corrected chi connectivity index (χ1v) is 13.2. The second-order valence-electron chi connectivity index (χ2n) is 9.68. The molecule has 0 unspecified atom stereocenters. The molecule has 220 valence electrons. The van der Waals surface area contributed by atoms with E-state index in [-0.39, 0.29) is 25.5 Å². The summed E-state index contributed by atoms with van der Waals surface area (Å²) in [5.41, 5.74) is 1.92. The van der Waals surface area contributed by atoms with Crippen LogP contribution in [0.3, 0.4) is 0 Å². The van der Waals surface area contributed by atoms with E-state index in [0.717, 1.165) is 11.1 Å². The molecule has 0 saturated heterocycles. The number of hydrogen-bond acceptors (Lipinski definition) is 8. The summed E-state index contributed by atoms with van der Waals surface area (Å²) in [6.07, 6.45) is -0.756. The molecule has 0 bridgehead atoms. The van der Waals surface area contributed by atoms with Crippen molar-refractivity contribution in [2.24, 2.45) is 0 Å². The largest absolute Gasteiger partial charge is 0.445 e. The van der Waals surface area contributed by atoms with E-state index in [2.05, 4.69) is 16.0 Å². The third-order valence-electron chi connectivity index (χ3n) is 5.02. The van der Waals surface area contributed by atoms with Gasteiger partial charge in [-0.1, -0.05) is 42.5 Å². The van der Waals surface area contributed by atoms with Gasteiger partial charge in [0, 0.05) is 18.8 Å². The topological polar surface area (TPSA) is 133 Å². The van der Waals surface area contributed by atoms with Crippen molar-refractivity contribution in [1.82, 2.24) is 10.6 Å². The first-order valence-electron chi connectivity index (χ1n) is 13.2. The highest BCUT2D eigenvalue weighted by Gasteiger charge is 2.15. The van der Waals surface area contributed by atoms with Crippen LogP contribution in [-0.4, -0.2) is 69.9 Å². The Bertz CT molecular complexity index is 1010. The molecule has 0 radical (unpaired) electrons. The van der Waals surface area contributed by atoms with Gasteiger partial charge in [-0.2, -0.15) is 0 Å². The number of alkyl carbamates (subject to hydrolysis) is 2. The van der Waals surface area contributed by atoms with E-state index in [1.54, 1.807) is 32.9 Å². The lowest BCUT2D eigenvalue weighted by atomic mass is 10.2. The number of hydrogen-bond donors (Lipinski definition) is 3. The van der Waals surface area contributed by atoms with Gasteiger partial charge in [0.05, 0.1) is 46.1 Å². The lowest BCUT2D eigenvalue weighted by Crippen LogP contribution is -2.34. The number of ether oxygens (including phenoxy) is 5. The highest BCUT2D eigenvalue weighted by Crippen LogP contribution is 2.10. The Hall–Kier alpha value is -3.67. The molecule has 0 atom stereocenters. The predicted octanol–water partition coefficient (Wildman–Crippen LogP) is 4.02. The SMILES string of the molecule is CC(C)(C)OC(=O)NCCOCCOCCOCCC(=O)Nc1ccc(CNC(=O)OCc2ccccc2)cc1. The van der Waals surface area contributed by atoms with Gasteiger partial charge in [-0.15, -0.1) is 0 Å². The van der Waals surface area contributed by atoms with Crippen LogP contribution >= 0.6 is 0 Å². The third kappa shape index (κ3) is 16.3. The van der Waals surface area contributed by atoms with Crippen molar-refractivity contribution >= 4 is 23.8 Å². The second-order valence-corrected chi connectivity index (χ2v) is 9.68. The molecule has 0 aromatic heterocycles. The Morgan fingerprint density at radius 3 is 1.98 bits per heavy atom. The minimum absolute atomic E-state index is 0.162. The fourth-order valence-corrected chi connectivity index (χ4v) is 3.12. The standard InChI is InChI=1S/C29H41N3O8/c1-29(2,3)40-28(35)30-14-16-37-18-20-38-19-17-36-15-13-26(33)32-25-11-9-23(10-12-25)21-31-27(34)39-22-24-7-5-4-6-8-24/h4-12H,13-22H2,1-3H3,(H,30,35)(H,31,34)(H,32,33). The van der Waals surface area contributed by atoms with Gasteiger partial charge in [0.2, 0.25) is 5.91 Å². The monoisotopic (exact) mass is 559 g/mol. The van der Waals surface area contributed by atoms with Crippen molar-refractivity contribution in [3.8, 4) is 0 Å². The molecule has 11 nitrogen and oxygen atoms in total. The third-order valence-corrected chi connectivity index (χ3v) is 5.02. The van der Waals surface area contributed by atoms with Crippen molar-refractivity contribution < 1.29 is 38.1 Å². The Labute approximate surface area is 235 Å². The van der Waals surface area contributed by atoms with Crippen molar-refractivity contribution in [2.45, 2.75) is 45.9 Å². The summed E-state index contributed by atoms with van der Waals surface area (Å²) in [5.74, 6) is -0.162. The predicted molar refractivity (Wildman–Crippen MR) is 150 cm³/mol. The van der Waals surface area contributed by atoms with Crippen molar-refractivity contribution in [3.63, 3.8) is 0 Å². The zero-order valence-corrected chi connectivity index (χ0v) is 23.5. The maximum absolute atomic E-state index is 12.1. The van der Waals surface area contributed by atoms with Gasteiger partial charge < -0.3 is 39.6 Å². The minimum Gasteiger partial charge on any atom is -0.445 e. The zero-order chi connectivity index (χ0) is 29.1. The normalized spacial score (nSPS) is 11.0. The molecule has 2 rings (SSSR count). The number of amides is 3. The molecule has 0 spiro atoms.